The summed E-state index contributed by atoms with van der Waals surface area (Å²) in [6, 6.07) is 4.84. The molecule has 2 aliphatic rings. The number of rotatable bonds is 4. The fraction of sp³-hybridized carbons (Fsp3) is 0.533. The average Bonchev–Trinajstić information content (AvgIpc) is 3.31. The van der Waals surface area contributed by atoms with Crippen LogP contribution in [0.2, 0.25) is 0 Å². The van der Waals surface area contributed by atoms with Crippen molar-refractivity contribution in [3.8, 4) is 0 Å². The molecule has 0 spiro atoms. The van der Waals surface area contributed by atoms with Crippen LogP contribution in [-0.2, 0) is 0 Å². The second-order valence-corrected chi connectivity index (χ2v) is 5.75. The predicted molar refractivity (Wildman–Crippen MR) is 79.6 cm³/mol. The van der Waals surface area contributed by atoms with Gasteiger partial charge in [-0.05, 0) is 38.2 Å². The maximum Gasteiger partial charge on any atom is 0.270 e. The molecule has 6 nitrogen and oxygen atoms in total. The minimum Gasteiger partial charge on any atom is -0.371 e. The van der Waals surface area contributed by atoms with Gasteiger partial charge in [-0.2, -0.15) is 0 Å². The third-order valence-electron chi connectivity index (χ3n) is 4.04. The number of non-ortho nitro benzene ring substituents is 1. The molecule has 0 bridgehead atoms. The lowest BCUT2D eigenvalue weighted by Gasteiger charge is -2.30. The Balaban J connectivity index is 1.92. The van der Waals surface area contributed by atoms with Crippen molar-refractivity contribution in [2.24, 2.45) is 0 Å². The summed E-state index contributed by atoms with van der Waals surface area (Å²) in [6.45, 7) is 1.81. The molecule has 0 unspecified atom stereocenters. The molecular formula is C15H19N3O3. The van der Waals surface area contributed by atoms with Crippen molar-refractivity contribution in [2.75, 3.05) is 18.0 Å². The topological polar surface area (TPSA) is 75.5 Å². The van der Waals surface area contributed by atoms with E-state index in [0.29, 0.717) is 5.56 Å². The van der Waals surface area contributed by atoms with E-state index in [1.807, 2.05) is 0 Å². The number of nitro groups is 1. The molecule has 1 saturated heterocycles. The highest BCUT2D eigenvalue weighted by Crippen LogP contribution is 2.29. The van der Waals surface area contributed by atoms with E-state index in [0.717, 1.165) is 44.5 Å². The quantitative estimate of drug-likeness (QED) is 0.682. The molecule has 0 radical (unpaired) electrons. The maximum absolute atomic E-state index is 12.4. The van der Waals surface area contributed by atoms with E-state index >= 15 is 0 Å². The molecule has 21 heavy (non-hydrogen) atoms. The Morgan fingerprint density at radius 2 is 1.95 bits per heavy atom. The zero-order chi connectivity index (χ0) is 14.8. The molecular weight excluding hydrogens is 270 g/mol. The van der Waals surface area contributed by atoms with Crippen molar-refractivity contribution >= 4 is 17.3 Å². The van der Waals surface area contributed by atoms with Crippen molar-refractivity contribution in [3.05, 3.63) is 33.9 Å². The third kappa shape index (κ3) is 3.15. The lowest BCUT2D eigenvalue weighted by molar-refractivity contribution is -0.384. The Kier molecular flexibility index (Phi) is 3.77. The number of carbonyl (C=O) groups is 1. The number of hydrogen-bond donors (Lipinski definition) is 1. The smallest absolute Gasteiger partial charge is 0.270 e. The monoisotopic (exact) mass is 289 g/mol. The Hall–Kier alpha value is -2.11. The summed E-state index contributed by atoms with van der Waals surface area (Å²) >= 11 is 0. The summed E-state index contributed by atoms with van der Waals surface area (Å²) in [4.78, 5) is 25.0. The minimum absolute atomic E-state index is 0.0308. The van der Waals surface area contributed by atoms with Gasteiger partial charge < -0.3 is 10.2 Å². The van der Waals surface area contributed by atoms with E-state index in [9.17, 15) is 14.9 Å². The van der Waals surface area contributed by atoms with Crippen molar-refractivity contribution in [1.82, 2.24) is 5.32 Å². The SMILES string of the molecule is O=C(NC1CC1)c1cc([N+](=O)[O-])ccc1N1CCCCC1. The molecule has 1 aromatic carbocycles. The van der Waals surface area contributed by atoms with Crippen LogP contribution < -0.4 is 10.2 Å². The van der Waals surface area contributed by atoms with Crippen molar-refractivity contribution < 1.29 is 9.72 Å². The number of piperidine rings is 1. The number of carbonyl (C=O) groups excluding carboxylic acids is 1. The molecule has 2 fully saturated rings. The van der Waals surface area contributed by atoms with E-state index in [-0.39, 0.29) is 17.6 Å². The van der Waals surface area contributed by atoms with Crippen LogP contribution >= 0.6 is 0 Å². The third-order valence-corrected chi connectivity index (χ3v) is 4.04. The Labute approximate surface area is 123 Å². The van der Waals surface area contributed by atoms with Gasteiger partial charge in [-0.3, -0.25) is 14.9 Å². The highest BCUT2D eigenvalue weighted by molar-refractivity contribution is 6.00. The van der Waals surface area contributed by atoms with Gasteiger partial charge in [-0.25, -0.2) is 0 Å². The molecule has 1 saturated carbocycles. The first kappa shape index (κ1) is 13.9. The summed E-state index contributed by atoms with van der Waals surface area (Å²) in [5.41, 5.74) is 1.22. The Bertz CT molecular complexity index is 563. The summed E-state index contributed by atoms with van der Waals surface area (Å²) in [5, 5.41) is 13.9. The van der Waals surface area contributed by atoms with Crippen LogP contribution in [0.3, 0.4) is 0 Å². The number of amides is 1. The summed E-state index contributed by atoms with van der Waals surface area (Å²) in [7, 11) is 0. The fourth-order valence-electron chi connectivity index (χ4n) is 2.72. The van der Waals surface area contributed by atoms with Crippen molar-refractivity contribution in [3.63, 3.8) is 0 Å². The molecule has 1 N–H and O–H groups in total. The second-order valence-electron chi connectivity index (χ2n) is 5.75. The van der Waals surface area contributed by atoms with E-state index in [4.69, 9.17) is 0 Å². The van der Waals surface area contributed by atoms with Crippen molar-refractivity contribution in [1.29, 1.82) is 0 Å². The number of nitrogens with zero attached hydrogens (tertiary/aromatic N) is 2. The number of benzene rings is 1. The molecule has 112 valence electrons. The van der Waals surface area contributed by atoms with Crippen molar-refractivity contribution in [2.45, 2.75) is 38.1 Å². The van der Waals surface area contributed by atoms with Gasteiger partial charge in [-0.15, -0.1) is 0 Å². The number of hydrogen-bond acceptors (Lipinski definition) is 4. The van der Waals surface area contributed by atoms with Gasteiger partial charge in [0, 0.05) is 31.3 Å². The zero-order valence-electron chi connectivity index (χ0n) is 11.9. The van der Waals surface area contributed by atoms with Gasteiger partial charge in [-0.1, -0.05) is 0 Å². The minimum atomic E-state index is -0.451. The molecule has 0 aromatic heterocycles. The van der Waals surface area contributed by atoms with Gasteiger partial charge in [0.25, 0.3) is 11.6 Å². The van der Waals surface area contributed by atoms with Crippen LogP contribution in [0.4, 0.5) is 11.4 Å². The molecule has 1 aliphatic carbocycles. The van der Waals surface area contributed by atoms with Gasteiger partial charge >= 0.3 is 0 Å². The zero-order valence-corrected chi connectivity index (χ0v) is 11.9. The molecule has 1 aromatic rings. The molecule has 0 atom stereocenters. The number of anilines is 1. The lowest BCUT2D eigenvalue weighted by atomic mass is 10.1. The van der Waals surface area contributed by atoms with Crippen LogP contribution in [0.25, 0.3) is 0 Å². The normalized spacial score (nSPS) is 18.4. The van der Waals surface area contributed by atoms with Crippen LogP contribution in [-0.4, -0.2) is 30.0 Å². The van der Waals surface area contributed by atoms with E-state index < -0.39 is 4.92 Å². The second kappa shape index (κ2) is 5.71. The number of nitrogens with one attached hydrogen (secondary N) is 1. The van der Waals surface area contributed by atoms with Crippen LogP contribution in [0.1, 0.15) is 42.5 Å². The number of nitro benzene ring substituents is 1. The lowest BCUT2D eigenvalue weighted by Crippen LogP contribution is -2.33. The summed E-state index contributed by atoms with van der Waals surface area (Å²) in [6.07, 6.45) is 5.40. The maximum atomic E-state index is 12.4. The van der Waals surface area contributed by atoms with Crippen LogP contribution in [0, 0.1) is 10.1 Å². The first-order valence-corrected chi connectivity index (χ1v) is 7.49. The largest absolute Gasteiger partial charge is 0.371 e. The van der Waals surface area contributed by atoms with Gasteiger partial charge in [0.2, 0.25) is 0 Å². The first-order valence-electron chi connectivity index (χ1n) is 7.49. The van der Waals surface area contributed by atoms with E-state index in [2.05, 4.69) is 10.2 Å². The molecule has 3 rings (SSSR count). The highest BCUT2D eigenvalue weighted by Gasteiger charge is 2.27. The van der Waals surface area contributed by atoms with E-state index in [1.165, 1.54) is 18.6 Å². The predicted octanol–water partition coefficient (Wildman–Crippen LogP) is 2.48. The summed E-state index contributed by atoms with van der Waals surface area (Å²) < 4.78 is 0. The molecule has 6 heteroatoms. The molecule has 1 amide bonds. The Morgan fingerprint density at radius 3 is 2.57 bits per heavy atom. The summed E-state index contributed by atoms with van der Waals surface area (Å²) in [5.74, 6) is -0.193. The van der Waals surface area contributed by atoms with Gasteiger partial charge in [0.15, 0.2) is 0 Å². The van der Waals surface area contributed by atoms with Crippen LogP contribution in [0.5, 0.6) is 0 Å². The first-order chi connectivity index (χ1) is 10.1. The molecule has 1 aliphatic heterocycles. The van der Waals surface area contributed by atoms with Gasteiger partial charge in [0.05, 0.1) is 16.2 Å². The Morgan fingerprint density at radius 1 is 1.24 bits per heavy atom. The average molecular weight is 289 g/mol. The van der Waals surface area contributed by atoms with Gasteiger partial charge in [0.1, 0.15) is 0 Å². The fourth-order valence-corrected chi connectivity index (χ4v) is 2.72. The molecule has 1 heterocycles. The highest BCUT2D eigenvalue weighted by atomic mass is 16.6. The van der Waals surface area contributed by atoms with E-state index in [1.54, 1.807) is 6.07 Å². The standard InChI is InChI=1S/C15H19N3O3/c19-15(16-11-4-5-11)13-10-12(18(20)21)6-7-14(13)17-8-2-1-3-9-17/h6-7,10-11H,1-5,8-9H2,(H,16,19). The van der Waals surface area contributed by atoms with Crippen LogP contribution in [0.15, 0.2) is 18.2 Å².